The molecule has 0 aliphatic carbocycles. The Balaban J connectivity index is 1.27. The van der Waals surface area contributed by atoms with Crippen LogP contribution in [0.25, 0.3) is 0 Å². The van der Waals surface area contributed by atoms with Crippen molar-refractivity contribution < 1.29 is 4.74 Å². The van der Waals surface area contributed by atoms with Crippen molar-refractivity contribution in [3.05, 3.63) is 88.2 Å². The standard InChI is InChI=1S/C23H22ClN3OS/c24-18-3-1-16(2-4-18)21-13-17-9-12-27(15-22(17)29-21)19-5-6-23(26-14-19)28-20-7-10-25-11-8-20/h1-6,9,12-15,20-21,25H,7-8,10-11H2. The average Bonchev–Trinajstić information content (AvgIpc) is 3.19. The number of aromatic nitrogens is 1. The van der Waals surface area contributed by atoms with Gasteiger partial charge in [-0.25, -0.2) is 4.98 Å². The van der Waals surface area contributed by atoms with Gasteiger partial charge in [-0.1, -0.05) is 29.8 Å². The van der Waals surface area contributed by atoms with Crippen molar-refractivity contribution in [1.82, 2.24) is 10.3 Å². The van der Waals surface area contributed by atoms with Gasteiger partial charge < -0.3 is 15.0 Å². The maximum absolute atomic E-state index is 6.02. The van der Waals surface area contributed by atoms with E-state index in [1.54, 1.807) is 0 Å². The number of ether oxygens (including phenoxy) is 1. The molecule has 148 valence electrons. The number of hydrogen-bond acceptors (Lipinski definition) is 5. The summed E-state index contributed by atoms with van der Waals surface area (Å²) in [5.41, 5.74) is 3.56. The fourth-order valence-corrected chi connectivity index (χ4v) is 5.07. The summed E-state index contributed by atoms with van der Waals surface area (Å²) < 4.78 is 6.01. The smallest absolute Gasteiger partial charge is 0.213 e. The van der Waals surface area contributed by atoms with Gasteiger partial charge in [-0.05, 0) is 61.3 Å². The van der Waals surface area contributed by atoms with Crippen molar-refractivity contribution in [2.45, 2.75) is 24.2 Å². The lowest BCUT2D eigenvalue weighted by Crippen LogP contribution is -2.34. The van der Waals surface area contributed by atoms with Crippen LogP contribution in [0.1, 0.15) is 23.7 Å². The van der Waals surface area contributed by atoms with Crippen molar-refractivity contribution in [2.75, 3.05) is 18.0 Å². The summed E-state index contributed by atoms with van der Waals surface area (Å²) in [4.78, 5) is 7.91. The lowest BCUT2D eigenvalue weighted by atomic mass is 10.1. The van der Waals surface area contributed by atoms with Crippen LogP contribution in [0.3, 0.4) is 0 Å². The number of nitrogens with zero attached hydrogens (tertiary/aromatic N) is 2. The Morgan fingerprint density at radius 1 is 1.10 bits per heavy atom. The first-order valence-corrected chi connectivity index (χ1v) is 11.2. The molecule has 0 spiro atoms. The second kappa shape index (κ2) is 8.27. The lowest BCUT2D eigenvalue weighted by molar-refractivity contribution is 0.156. The molecule has 2 aromatic rings. The molecule has 0 amide bonds. The number of benzene rings is 1. The van der Waals surface area contributed by atoms with Crippen LogP contribution >= 0.6 is 23.4 Å². The van der Waals surface area contributed by atoms with Crippen LogP contribution < -0.4 is 15.0 Å². The van der Waals surface area contributed by atoms with E-state index in [1.807, 2.05) is 36.2 Å². The first-order chi connectivity index (χ1) is 14.2. The Bertz CT molecular complexity index is 963. The normalized spacial score (nSPS) is 21.6. The quantitative estimate of drug-likeness (QED) is 0.707. The molecule has 1 aromatic carbocycles. The molecule has 0 bridgehead atoms. The molecule has 29 heavy (non-hydrogen) atoms. The van der Waals surface area contributed by atoms with Gasteiger partial charge in [0.1, 0.15) is 6.10 Å². The van der Waals surface area contributed by atoms with Crippen LogP contribution in [0.15, 0.2) is 77.6 Å². The van der Waals surface area contributed by atoms with Crippen LogP contribution in [0.5, 0.6) is 5.88 Å². The molecule has 5 rings (SSSR count). The maximum atomic E-state index is 6.02. The fourth-order valence-electron chi connectivity index (χ4n) is 3.71. The summed E-state index contributed by atoms with van der Waals surface area (Å²) in [5.74, 6) is 0.702. The summed E-state index contributed by atoms with van der Waals surface area (Å²) in [7, 11) is 0. The summed E-state index contributed by atoms with van der Waals surface area (Å²) in [6, 6.07) is 12.1. The van der Waals surface area contributed by atoms with E-state index >= 15 is 0 Å². The predicted octanol–water partition coefficient (Wildman–Crippen LogP) is 5.46. The van der Waals surface area contributed by atoms with Crippen LogP contribution in [-0.2, 0) is 0 Å². The molecule has 1 aromatic heterocycles. The highest BCUT2D eigenvalue weighted by molar-refractivity contribution is 8.04. The van der Waals surface area contributed by atoms with E-state index in [2.05, 4.69) is 58.0 Å². The topological polar surface area (TPSA) is 37.4 Å². The molecule has 1 atom stereocenters. The van der Waals surface area contributed by atoms with Gasteiger partial charge in [0, 0.05) is 28.4 Å². The van der Waals surface area contributed by atoms with Crippen molar-refractivity contribution in [1.29, 1.82) is 0 Å². The third-order valence-electron chi connectivity index (χ3n) is 5.33. The van der Waals surface area contributed by atoms with Crippen LogP contribution in [0.4, 0.5) is 5.69 Å². The van der Waals surface area contributed by atoms with E-state index in [0.717, 1.165) is 36.6 Å². The Morgan fingerprint density at radius 3 is 2.69 bits per heavy atom. The summed E-state index contributed by atoms with van der Waals surface area (Å²) in [5, 5.41) is 4.44. The molecule has 4 heterocycles. The third kappa shape index (κ3) is 4.22. The van der Waals surface area contributed by atoms with E-state index in [-0.39, 0.29) is 6.10 Å². The molecule has 3 aliphatic rings. The minimum atomic E-state index is 0.263. The summed E-state index contributed by atoms with van der Waals surface area (Å²) in [6.45, 7) is 2.03. The van der Waals surface area contributed by atoms with Crippen molar-refractivity contribution in [3.8, 4) is 5.88 Å². The minimum absolute atomic E-state index is 0.263. The molecule has 0 radical (unpaired) electrons. The van der Waals surface area contributed by atoms with Gasteiger partial charge in [0.15, 0.2) is 0 Å². The van der Waals surface area contributed by atoms with Gasteiger partial charge >= 0.3 is 0 Å². The van der Waals surface area contributed by atoms with E-state index < -0.39 is 0 Å². The van der Waals surface area contributed by atoms with Gasteiger partial charge in [0.05, 0.1) is 17.1 Å². The molecule has 1 unspecified atom stereocenters. The average molecular weight is 424 g/mol. The number of halogens is 1. The van der Waals surface area contributed by atoms with Gasteiger partial charge in [0.2, 0.25) is 5.88 Å². The zero-order chi connectivity index (χ0) is 19.6. The van der Waals surface area contributed by atoms with E-state index in [4.69, 9.17) is 16.3 Å². The fraction of sp³-hybridized carbons (Fsp3) is 0.261. The molecule has 1 N–H and O–H groups in total. The van der Waals surface area contributed by atoms with Crippen LogP contribution in [0, 0.1) is 0 Å². The number of allylic oxidation sites excluding steroid dienone is 2. The van der Waals surface area contributed by atoms with E-state index in [1.165, 1.54) is 16.0 Å². The lowest BCUT2D eigenvalue weighted by Gasteiger charge is -2.24. The molecule has 1 saturated heterocycles. The van der Waals surface area contributed by atoms with Gasteiger partial charge in [-0.2, -0.15) is 0 Å². The number of rotatable bonds is 4. The SMILES string of the molecule is Clc1ccc(C2C=C3C=CN(c4ccc(OC5CCNCC5)nc4)C=C3S2)cc1. The molecule has 0 saturated carbocycles. The van der Waals surface area contributed by atoms with E-state index in [9.17, 15) is 0 Å². The van der Waals surface area contributed by atoms with Gasteiger partial charge in [-0.15, -0.1) is 11.8 Å². The van der Waals surface area contributed by atoms with Crippen molar-refractivity contribution in [3.63, 3.8) is 0 Å². The molecule has 4 nitrogen and oxygen atoms in total. The highest BCUT2D eigenvalue weighted by Crippen LogP contribution is 2.48. The number of thioether (sulfide) groups is 1. The zero-order valence-electron chi connectivity index (χ0n) is 15.9. The third-order valence-corrected chi connectivity index (χ3v) is 6.84. The molecule has 1 fully saturated rings. The first kappa shape index (κ1) is 18.8. The minimum Gasteiger partial charge on any atom is -0.474 e. The second-order valence-corrected chi connectivity index (χ2v) is 8.97. The number of hydrogen-bond donors (Lipinski definition) is 1. The van der Waals surface area contributed by atoms with Crippen LogP contribution in [-0.4, -0.2) is 24.2 Å². The Morgan fingerprint density at radius 2 is 1.93 bits per heavy atom. The number of nitrogens with one attached hydrogen (secondary N) is 1. The van der Waals surface area contributed by atoms with Gasteiger partial charge in [-0.3, -0.25) is 0 Å². The zero-order valence-corrected chi connectivity index (χ0v) is 17.5. The monoisotopic (exact) mass is 423 g/mol. The van der Waals surface area contributed by atoms with Crippen molar-refractivity contribution in [2.24, 2.45) is 0 Å². The number of anilines is 1. The molecular formula is C23H22ClN3OS. The highest BCUT2D eigenvalue weighted by atomic mass is 35.5. The largest absolute Gasteiger partial charge is 0.474 e. The molecular weight excluding hydrogens is 402 g/mol. The number of pyridine rings is 1. The Kier molecular flexibility index (Phi) is 5.36. The summed E-state index contributed by atoms with van der Waals surface area (Å²) >= 11 is 7.88. The predicted molar refractivity (Wildman–Crippen MR) is 120 cm³/mol. The summed E-state index contributed by atoms with van der Waals surface area (Å²) in [6.07, 6.45) is 12.9. The molecule has 6 heteroatoms. The Labute approximate surface area is 180 Å². The number of piperidine rings is 1. The second-order valence-electron chi connectivity index (χ2n) is 7.35. The van der Waals surface area contributed by atoms with Crippen molar-refractivity contribution >= 4 is 29.1 Å². The Hall–Kier alpha value is -2.21. The van der Waals surface area contributed by atoms with Crippen LogP contribution in [0.2, 0.25) is 5.02 Å². The van der Waals surface area contributed by atoms with Gasteiger partial charge in [0.25, 0.3) is 0 Å². The maximum Gasteiger partial charge on any atom is 0.213 e. The number of fused-ring (bicyclic) bond motifs is 1. The van der Waals surface area contributed by atoms with E-state index in [0.29, 0.717) is 11.1 Å². The molecule has 3 aliphatic heterocycles. The highest BCUT2D eigenvalue weighted by Gasteiger charge is 2.24. The first-order valence-electron chi connectivity index (χ1n) is 9.91.